The minimum Gasteiger partial charge on any atom is -0.495 e. The number of benzene rings is 1. The standard InChI is InChI=1S/C12H19NO4S/c1-12(2,9-14)13(3)18(15,16)11-8-6-5-7-10(11)17-4/h5-8,14H,9H2,1-4H3. The molecule has 1 aromatic carbocycles. The quantitative estimate of drug-likeness (QED) is 0.872. The normalized spacial score (nSPS) is 12.8. The summed E-state index contributed by atoms with van der Waals surface area (Å²) in [6.07, 6.45) is 0. The highest BCUT2D eigenvalue weighted by atomic mass is 32.2. The second-order valence-electron chi connectivity index (χ2n) is 4.59. The summed E-state index contributed by atoms with van der Waals surface area (Å²) in [4.78, 5) is 0.0940. The summed E-state index contributed by atoms with van der Waals surface area (Å²) in [5.41, 5.74) is -0.875. The van der Waals surface area contributed by atoms with Gasteiger partial charge in [-0.3, -0.25) is 0 Å². The maximum atomic E-state index is 12.5. The number of aliphatic hydroxyl groups is 1. The van der Waals surface area contributed by atoms with Crippen molar-refractivity contribution in [2.45, 2.75) is 24.3 Å². The van der Waals surface area contributed by atoms with Gasteiger partial charge in [0.1, 0.15) is 10.6 Å². The molecule has 5 nitrogen and oxygen atoms in total. The summed E-state index contributed by atoms with van der Waals surface area (Å²) in [5, 5.41) is 9.26. The summed E-state index contributed by atoms with van der Waals surface area (Å²) in [6, 6.07) is 6.41. The fourth-order valence-corrected chi connectivity index (χ4v) is 3.06. The number of aliphatic hydroxyl groups excluding tert-OH is 1. The number of hydrogen-bond acceptors (Lipinski definition) is 4. The molecule has 0 saturated heterocycles. The molecule has 102 valence electrons. The summed E-state index contributed by atoms with van der Waals surface area (Å²) in [6.45, 7) is 3.04. The van der Waals surface area contributed by atoms with E-state index < -0.39 is 15.6 Å². The molecule has 6 heteroatoms. The fourth-order valence-electron chi connectivity index (χ4n) is 1.40. The molecule has 18 heavy (non-hydrogen) atoms. The highest BCUT2D eigenvalue weighted by Crippen LogP contribution is 2.29. The van der Waals surface area contributed by atoms with Gasteiger partial charge in [0.05, 0.1) is 19.3 Å². The van der Waals surface area contributed by atoms with E-state index in [1.165, 1.54) is 20.2 Å². The van der Waals surface area contributed by atoms with Crippen molar-refractivity contribution in [1.29, 1.82) is 0 Å². The van der Waals surface area contributed by atoms with Crippen LogP contribution in [0, 0.1) is 0 Å². The summed E-state index contributed by atoms with van der Waals surface area (Å²) in [5.74, 6) is 0.290. The van der Waals surface area contributed by atoms with E-state index in [-0.39, 0.29) is 17.3 Å². The van der Waals surface area contributed by atoms with Crippen LogP contribution >= 0.6 is 0 Å². The Morgan fingerprint density at radius 1 is 1.33 bits per heavy atom. The van der Waals surface area contributed by atoms with Crippen molar-refractivity contribution in [3.05, 3.63) is 24.3 Å². The average molecular weight is 273 g/mol. The largest absolute Gasteiger partial charge is 0.495 e. The molecule has 0 aromatic heterocycles. The van der Waals surface area contributed by atoms with Crippen molar-refractivity contribution in [1.82, 2.24) is 4.31 Å². The first-order valence-corrected chi connectivity index (χ1v) is 6.94. The van der Waals surface area contributed by atoms with Crippen LogP contribution in [-0.4, -0.2) is 44.1 Å². The molecule has 0 radical (unpaired) electrons. The fraction of sp³-hybridized carbons (Fsp3) is 0.500. The first kappa shape index (κ1) is 14.9. The van der Waals surface area contributed by atoms with E-state index in [4.69, 9.17) is 4.74 Å². The van der Waals surface area contributed by atoms with Gasteiger partial charge in [-0.1, -0.05) is 12.1 Å². The molecule has 1 aromatic rings. The summed E-state index contributed by atoms with van der Waals surface area (Å²) in [7, 11) is -0.839. The highest BCUT2D eigenvalue weighted by Gasteiger charge is 2.35. The van der Waals surface area contributed by atoms with E-state index >= 15 is 0 Å². The van der Waals surface area contributed by atoms with Crippen molar-refractivity contribution in [2.75, 3.05) is 20.8 Å². The monoisotopic (exact) mass is 273 g/mol. The number of methoxy groups -OCH3 is 1. The molecule has 0 heterocycles. The zero-order valence-corrected chi connectivity index (χ0v) is 11.9. The van der Waals surface area contributed by atoms with E-state index in [1.54, 1.807) is 32.0 Å². The first-order valence-electron chi connectivity index (χ1n) is 5.50. The highest BCUT2D eigenvalue weighted by molar-refractivity contribution is 7.89. The number of nitrogens with zero attached hydrogens (tertiary/aromatic N) is 1. The first-order chi connectivity index (χ1) is 8.27. The Bertz CT molecular complexity index is 511. The third-order valence-electron chi connectivity index (χ3n) is 2.95. The Labute approximate surface area is 108 Å². The topological polar surface area (TPSA) is 66.8 Å². The van der Waals surface area contributed by atoms with Crippen molar-refractivity contribution in [3.8, 4) is 5.75 Å². The lowest BCUT2D eigenvalue weighted by Gasteiger charge is -2.33. The Balaban J connectivity index is 3.30. The molecular formula is C12H19NO4S. The Hall–Kier alpha value is -1.11. The van der Waals surface area contributed by atoms with Gasteiger partial charge in [-0.05, 0) is 26.0 Å². The molecule has 0 saturated carbocycles. The summed E-state index contributed by atoms with van der Waals surface area (Å²) >= 11 is 0. The van der Waals surface area contributed by atoms with E-state index in [9.17, 15) is 13.5 Å². The third-order valence-corrected chi connectivity index (χ3v) is 5.06. The van der Waals surface area contributed by atoms with Gasteiger partial charge >= 0.3 is 0 Å². The van der Waals surface area contributed by atoms with Crippen LogP contribution in [-0.2, 0) is 10.0 Å². The molecule has 1 N–H and O–H groups in total. The van der Waals surface area contributed by atoms with Crippen LogP contribution in [0.3, 0.4) is 0 Å². The van der Waals surface area contributed by atoms with Crippen LogP contribution in [0.25, 0.3) is 0 Å². The van der Waals surface area contributed by atoms with E-state index in [0.717, 1.165) is 4.31 Å². The van der Waals surface area contributed by atoms with Gasteiger partial charge in [0.15, 0.2) is 0 Å². The maximum Gasteiger partial charge on any atom is 0.247 e. The predicted octanol–water partition coefficient (Wildman–Crippen LogP) is 1.09. The number of likely N-dealkylation sites (N-methyl/N-ethyl adjacent to an activating group) is 1. The van der Waals surface area contributed by atoms with Crippen LogP contribution < -0.4 is 4.74 Å². The van der Waals surface area contributed by atoms with Gasteiger partial charge in [-0.2, -0.15) is 4.31 Å². The zero-order chi connectivity index (χ0) is 14.0. The van der Waals surface area contributed by atoms with Gasteiger partial charge in [0.25, 0.3) is 0 Å². The second kappa shape index (κ2) is 5.26. The molecule has 0 aliphatic rings. The number of sulfonamides is 1. The SMILES string of the molecule is COc1ccccc1S(=O)(=O)N(C)C(C)(C)CO. The van der Waals surface area contributed by atoms with Crippen molar-refractivity contribution in [2.24, 2.45) is 0 Å². The molecule has 1 rings (SSSR count). The van der Waals surface area contributed by atoms with E-state index in [0.29, 0.717) is 0 Å². The van der Waals surface area contributed by atoms with Crippen molar-refractivity contribution in [3.63, 3.8) is 0 Å². The van der Waals surface area contributed by atoms with Crippen LogP contribution in [0.5, 0.6) is 5.75 Å². The maximum absolute atomic E-state index is 12.5. The van der Waals surface area contributed by atoms with Gasteiger partial charge in [-0.25, -0.2) is 8.42 Å². The molecule has 0 spiro atoms. The molecule has 0 fully saturated rings. The van der Waals surface area contributed by atoms with Crippen molar-refractivity contribution < 1.29 is 18.3 Å². The number of rotatable bonds is 5. The number of ether oxygens (including phenoxy) is 1. The summed E-state index contributed by atoms with van der Waals surface area (Å²) < 4.78 is 31.1. The molecule has 0 aliphatic carbocycles. The van der Waals surface area contributed by atoms with Gasteiger partial charge in [-0.15, -0.1) is 0 Å². The molecular weight excluding hydrogens is 254 g/mol. The zero-order valence-electron chi connectivity index (χ0n) is 11.0. The van der Waals surface area contributed by atoms with E-state index in [2.05, 4.69) is 0 Å². The lowest BCUT2D eigenvalue weighted by Crippen LogP contribution is -2.47. The minimum absolute atomic E-state index is 0.0940. The third kappa shape index (κ3) is 2.66. The number of para-hydroxylation sites is 1. The van der Waals surface area contributed by atoms with Crippen LogP contribution in [0.2, 0.25) is 0 Å². The van der Waals surface area contributed by atoms with Crippen LogP contribution in [0.1, 0.15) is 13.8 Å². The minimum atomic E-state index is -3.70. The molecule has 0 amide bonds. The van der Waals surface area contributed by atoms with Gasteiger partial charge in [0.2, 0.25) is 10.0 Å². The smallest absolute Gasteiger partial charge is 0.247 e. The molecule has 0 atom stereocenters. The molecule has 0 unspecified atom stereocenters. The lowest BCUT2D eigenvalue weighted by atomic mass is 10.1. The van der Waals surface area contributed by atoms with Gasteiger partial charge in [0, 0.05) is 7.05 Å². The lowest BCUT2D eigenvalue weighted by molar-refractivity contribution is 0.137. The predicted molar refractivity (Wildman–Crippen MR) is 69.1 cm³/mol. The Morgan fingerprint density at radius 3 is 2.39 bits per heavy atom. The van der Waals surface area contributed by atoms with Crippen LogP contribution in [0.15, 0.2) is 29.2 Å². The Kier molecular flexibility index (Phi) is 4.37. The molecule has 0 aliphatic heterocycles. The van der Waals surface area contributed by atoms with Crippen molar-refractivity contribution >= 4 is 10.0 Å². The average Bonchev–Trinajstić information content (AvgIpc) is 2.37. The van der Waals surface area contributed by atoms with E-state index in [1.807, 2.05) is 0 Å². The Morgan fingerprint density at radius 2 is 1.89 bits per heavy atom. The second-order valence-corrected chi connectivity index (χ2v) is 6.53. The van der Waals surface area contributed by atoms with Gasteiger partial charge < -0.3 is 9.84 Å². The van der Waals surface area contributed by atoms with Crippen LogP contribution in [0.4, 0.5) is 0 Å². The molecule has 0 bridgehead atoms. The number of hydrogen-bond donors (Lipinski definition) is 1.